The van der Waals surface area contributed by atoms with Crippen LogP contribution in [-0.4, -0.2) is 37.7 Å². The zero-order chi connectivity index (χ0) is 25.9. The molecule has 4 rings (SSSR count). The first-order valence-electron chi connectivity index (χ1n) is 10.5. The van der Waals surface area contributed by atoms with Gasteiger partial charge in [0.2, 0.25) is 0 Å². The second-order valence-electron chi connectivity index (χ2n) is 8.54. The highest BCUT2D eigenvalue weighted by Gasteiger charge is 2.66. The van der Waals surface area contributed by atoms with Crippen molar-refractivity contribution in [3.63, 3.8) is 0 Å². The van der Waals surface area contributed by atoms with Crippen molar-refractivity contribution in [1.82, 2.24) is 15.1 Å². The number of halogens is 5. The zero-order valence-electron chi connectivity index (χ0n) is 18.4. The van der Waals surface area contributed by atoms with E-state index in [0.29, 0.717) is 5.69 Å². The van der Waals surface area contributed by atoms with Crippen LogP contribution in [-0.2, 0) is 0 Å². The number of aromatic hydroxyl groups is 1. The van der Waals surface area contributed by atoms with Crippen LogP contribution in [0.25, 0.3) is 5.69 Å². The molecule has 0 aliphatic heterocycles. The Morgan fingerprint density at radius 3 is 2.37 bits per heavy atom. The van der Waals surface area contributed by atoms with Gasteiger partial charge in [0.05, 0.1) is 17.9 Å². The maximum atomic E-state index is 14.3. The van der Waals surface area contributed by atoms with E-state index in [0.717, 1.165) is 42.1 Å². The molecule has 1 aliphatic rings. The Morgan fingerprint density at radius 2 is 1.77 bits per heavy atom. The highest BCUT2D eigenvalue weighted by atomic mass is 19.4. The molecule has 5 N–H and O–H groups in total. The summed E-state index contributed by atoms with van der Waals surface area (Å²) in [6.45, 7) is 2.42. The molecule has 1 amide bonds. The number of fused-ring (bicyclic) bond motifs is 1. The summed E-state index contributed by atoms with van der Waals surface area (Å²) >= 11 is 0. The van der Waals surface area contributed by atoms with Crippen LogP contribution in [0.1, 0.15) is 47.3 Å². The summed E-state index contributed by atoms with van der Waals surface area (Å²) in [6, 6.07) is 4.57. The van der Waals surface area contributed by atoms with Crippen molar-refractivity contribution >= 4 is 11.7 Å². The van der Waals surface area contributed by atoms with Gasteiger partial charge in [-0.05, 0) is 41.8 Å². The van der Waals surface area contributed by atoms with E-state index in [-0.39, 0.29) is 22.5 Å². The minimum atomic E-state index is -5.20. The second kappa shape index (κ2) is 8.22. The van der Waals surface area contributed by atoms with Crippen LogP contribution in [0.5, 0.6) is 5.75 Å². The van der Waals surface area contributed by atoms with Gasteiger partial charge in [-0.25, -0.2) is 13.5 Å². The van der Waals surface area contributed by atoms with Gasteiger partial charge < -0.3 is 21.3 Å². The lowest BCUT2D eigenvalue weighted by Gasteiger charge is -2.49. The van der Waals surface area contributed by atoms with Crippen molar-refractivity contribution in [2.24, 2.45) is 5.92 Å². The summed E-state index contributed by atoms with van der Waals surface area (Å²) in [5.74, 6) is -6.45. The smallest absolute Gasteiger partial charge is 0.419 e. The third-order valence-electron chi connectivity index (χ3n) is 6.70. The van der Waals surface area contributed by atoms with Crippen LogP contribution >= 0.6 is 0 Å². The molecule has 0 bridgehead atoms. The van der Waals surface area contributed by atoms with Crippen molar-refractivity contribution < 1.29 is 37.0 Å². The summed E-state index contributed by atoms with van der Waals surface area (Å²) in [7, 11) is 0. The number of alkyl halides is 3. The quantitative estimate of drug-likeness (QED) is 0.410. The number of hydrogen-bond acceptors (Lipinski definition) is 5. The Labute approximate surface area is 196 Å². The van der Waals surface area contributed by atoms with E-state index in [2.05, 4.69) is 10.4 Å². The number of phenolic OH excluding ortho intramolecular Hbond substituents is 1. The fraction of sp³-hybridized carbons (Fsp3) is 0.304. The van der Waals surface area contributed by atoms with Crippen LogP contribution in [0.4, 0.5) is 27.8 Å². The maximum Gasteiger partial charge on any atom is 0.419 e. The molecule has 186 valence electrons. The first-order chi connectivity index (χ1) is 16.3. The SMILES string of the molecule is CC1c2c(ccc(F)c2O)C(NC(=O)c2cnn(-c3ccc(F)cc3)c2N)C(O)(C(F)(F)F)C1C. The summed E-state index contributed by atoms with van der Waals surface area (Å²) in [6.07, 6.45) is -4.19. The normalized spacial score (nSPS) is 24.2. The number of nitrogen functional groups attached to an aromatic ring is 1. The number of nitrogens with zero attached hydrogens (tertiary/aromatic N) is 2. The fourth-order valence-electron chi connectivity index (χ4n) is 4.60. The van der Waals surface area contributed by atoms with Gasteiger partial charge >= 0.3 is 6.18 Å². The number of aliphatic hydroxyl groups is 1. The molecule has 1 aliphatic carbocycles. The topological polar surface area (TPSA) is 113 Å². The van der Waals surface area contributed by atoms with Crippen LogP contribution in [0, 0.1) is 17.6 Å². The molecule has 3 aromatic rings. The Balaban J connectivity index is 1.79. The van der Waals surface area contributed by atoms with Gasteiger partial charge in [-0.1, -0.05) is 19.9 Å². The van der Waals surface area contributed by atoms with Gasteiger partial charge in [-0.15, -0.1) is 0 Å². The number of aromatic nitrogens is 2. The Morgan fingerprint density at radius 1 is 1.14 bits per heavy atom. The van der Waals surface area contributed by atoms with E-state index in [1.54, 1.807) is 0 Å². The monoisotopic (exact) mass is 496 g/mol. The molecular formula is C23H21F5N4O3. The number of nitrogens with two attached hydrogens (primary N) is 1. The van der Waals surface area contributed by atoms with Gasteiger partial charge in [0.15, 0.2) is 17.2 Å². The predicted octanol–water partition coefficient (Wildman–Crippen LogP) is 3.96. The van der Waals surface area contributed by atoms with E-state index >= 15 is 0 Å². The summed E-state index contributed by atoms with van der Waals surface area (Å²) in [5, 5.41) is 27.4. The first-order valence-corrected chi connectivity index (χ1v) is 10.5. The Kier molecular flexibility index (Phi) is 5.75. The molecule has 1 aromatic heterocycles. The molecule has 0 radical (unpaired) electrons. The summed E-state index contributed by atoms with van der Waals surface area (Å²) in [4.78, 5) is 13.1. The van der Waals surface area contributed by atoms with E-state index in [1.165, 1.54) is 19.1 Å². The molecule has 0 fully saturated rings. The third-order valence-corrected chi connectivity index (χ3v) is 6.70. The zero-order valence-corrected chi connectivity index (χ0v) is 18.4. The average Bonchev–Trinajstić information content (AvgIpc) is 3.18. The number of anilines is 1. The molecule has 35 heavy (non-hydrogen) atoms. The van der Waals surface area contributed by atoms with Crippen LogP contribution < -0.4 is 11.1 Å². The highest BCUT2D eigenvalue weighted by molar-refractivity contribution is 5.98. The molecular weight excluding hydrogens is 475 g/mol. The predicted molar refractivity (Wildman–Crippen MR) is 115 cm³/mol. The first kappa shape index (κ1) is 24.5. The minimum Gasteiger partial charge on any atom is -0.505 e. The van der Waals surface area contributed by atoms with E-state index in [9.17, 15) is 37.0 Å². The Bertz CT molecular complexity index is 1290. The summed E-state index contributed by atoms with van der Waals surface area (Å²) in [5.41, 5.74) is 2.09. The molecule has 4 atom stereocenters. The van der Waals surface area contributed by atoms with E-state index in [1.807, 2.05) is 0 Å². The van der Waals surface area contributed by atoms with Crippen molar-refractivity contribution in [2.75, 3.05) is 5.73 Å². The lowest BCUT2D eigenvalue weighted by atomic mass is 9.64. The van der Waals surface area contributed by atoms with E-state index in [4.69, 9.17) is 5.73 Å². The van der Waals surface area contributed by atoms with Gasteiger partial charge in [0.25, 0.3) is 5.91 Å². The number of hydrogen-bond donors (Lipinski definition) is 4. The van der Waals surface area contributed by atoms with E-state index < -0.39 is 52.9 Å². The average molecular weight is 496 g/mol. The van der Waals surface area contributed by atoms with Crippen molar-refractivity contribution in [2.45, 2.75) is 37.6 Å². The number of carbonyl (C=O) groups is 1. The lowest BCUT2D eigenvalue weighted by Crippen LogP contribution is -2.62. The van der Waals surface area contributed by atoms with Gasteiger partial charge in [0, 0.05) is 11.5 Å². The molecule has 0 saturated heterocycles. The minimum absolute atomic E-state index is 0.147. The van der Waals surface area contributed by atoms with Gasteiger partial charge in [-0.3, -0.25) is 4.79 Å². The van der Waals surface area contributed by atoms with Crippen molar-refractivity contribution in [3.05, 3.63) is 70.9 Å². The third kappa shape index (κ3) is 3.68. The van der Waals surface area contributed by atoms with Gasteiger partial charge in [0.1, 0.15) is 17.2 Å². The van der Waals surface area contributed by atoms with Gasteiger partial charge in [-0.2, -0.15) is 18.3 Å². The van der Waals surface area contributed by atoms with Crippen LogP contribution in [0.3, 0.4) is 0 Å². The largest absolute Gasteiger partial charge is 0.505 e. The Hall–Kier alpha value is -3.67. The van der Waals surface area contributed by atoms with Crippen LogP contribution in [0.2, 0.25) is 0 Å². The van der Waals surface area contributed by atoms with Crippen LogP contribution in [0.15, 0.2) is 42.6 Å². The van der Waals surface area contributed by atoms with Crippen molar-refractivity contribution in [3.8, 4) is 11.4 Å². The number of benzene rings is 2. The van der Waals surface area contributed by atoms with Crippen molar-refractivity contribution in [1.29, 1.82) is 0 Å². The molecule has 7 nitrogen and oxygen atoms in total. The molecule has 0 saturated carbocycles. The lowest BCUT2D eigenvalue weighted by molar-refractivity contribution is -0.293. The number of rotatable bonds is 3. The molecule has 4 unspecified atom stereocenters. The molecule has 2 aromatic carbocycles. The number of phenols is 1. The fourth-order valence-corrected chi connectivity index (χ4v) is 4.60. The number of amides is 1. The maximum absolute atomic E-state index is 14.3. The highest BCUT2D eigenvalue weighted by Crippen LogP contribution is 2.56. The molecule has 12 heteroatoms. The second-order valence-corrected chi connectivity index (χ2v) is 8.54. The summed E-state index contributed by atoms with van der Waals surface area (Å²) < 4.78 is 71.1. The standard InChI is InChI=1S/C23H21F5N4O3/c1-10-11(2)22(35,23(26,27)28)19(14-7-8-16(25)18(33)17(10)14)31-21(34)15-9-30-32(20(15)29)13-5-3-12(24)4-6-13/h3-11,19,33,35H,29H2,1-2H3,(H,31,34). The number of carbonyl (C=O) groups excluding carboxylic acids is 1. The number of nitrogens with one attached hydrogen (secondary N) is 1. The molecule has 1 heterocycles. The molecule has 0 spiro atoms.